The van der Waals surface area contributed by atoms with Crippen LogP contribution in [0.2, 0.25) is 0 Å². The molecule has 0 unspecified atom stereocenters. The zero-order valence-corrected chi connectivity index (χ0v) is 10.6. The molecule has 0 aromatic heterocycles. The van der Waals surface area contributed by atoms with Crippen LogP contribution in [0.15, 0.2) is 54.6 Å². The van der Waals surface area contributed by atoms with E-state index in [0.29, 0.717) is 5.75 Å². The first-order valence-corrected chi connectivity index (χ1v) is 5.33. The summed E-state index contributed by atoms with van der Waals surface area (Å²) in [6.07, 6.45) is 0. The molecular formula is C14H16O5. The number of carbonyl (C=O) groups excluding carboxylic acids is 1. The number of carbonyl (C=O) groups is 2. The summed E-state index contributed by atoms with van der Waals surface area (Å²) < 4.78 is 4.87. The van der Waals surface area contributed by atoms with E-state index in [4.69, 9.17) is 14.9 Å². The number of esters is 1. The van der Waals surface area contributed by atoms with Gasteiger partial charge >= 0.3 is 11.9 Å². The Hall–Kier alpha value is -2.40. The van der Waals surface area contributed by atoms with Crippen molar-refractivity contribution in [3.05, 3.63) is 54.6 Å². The van der Waals surface area contributed by atoms with E-state index >= 15 is 0 Å². The Labute approximate surface area is 111 Å². The molecule has 1 aromatic carbocycles. The molecule has 0 aliphatic rings. The Kier molecular flexibility index (Phi) is 7.56. The second kappa shape index (κ2) is 8.66. The molecule has 0 amide bonds. The fourth-order valence-electron chi connectivity index (χ4n) is 0.732. The molecule has 5 heteroatoms. The van der Waals surface area contributed by atoms with Crippen molar-refractivity contribution in [1.82, 2.24) is 0 Å². The van der Waals surface area contributed by atoms with E-state index in [0.717, 1.165) is 0 Å². The summed E-state index contributed by atoms with van der Waals surface area (Å²) in [4.78, 5) is 20.7. The fourth-order valence-corrected chi connectivity index (χ4v) is 0.732. The lowest BCUT2D eigenvalue weighted by Crippen LogP contribution is -2.12. The lowest BCUT2D eigenvalue weighted by molar-refractivity contribution is -0.132. The molecule has 2 N–H and O–H groups in total. The Morgan fingerprint density at radius 1 is 1.21 bits per heavy atom. The van der Waals surface area contributed by atoms with Gasteiger partial charge in [-0.1, -0.05) is 31.4 Å². The molecule has 0 spiro atoms. The van der Waals surface area contributed by atoms with Gasteiger partial charge in [-0.2, -0.15) is 0 Å². The van der Waals surface area contributed by atoms with Crippen molar-refractivity contribution in [2.24, 2.45) is 0 Å². The summed E-state index contributed by atoms with van der Waals surface area (Å²) in [5, 5.41) is 16.5. The Bertz CT molecular complexity index is 450. The standard InChI is InChI=1S/C10H10O3.C4H6O2/c1-8(7-11)10(12)13-9-5-3-2-4-6-9;1-3(2)4(5)6/h2-6,11H,1,7H2;1H2,2H3,(H,5,6). The van der Waals surface area contributed by atoms with Gasteiger partial charge in [-0.25, -0.2) is 9.59 Å². The summed E-state index contributed by atoms with van der Waals surface area (Å²) in [7, 11) is 0. The number of hydrogen-bond donors (Lipinski definition) is 2. The molecule has 0 fully saturated rings. The van der Waals surface area contributed by atoms with E-state index in [-0.39, 0.29) is 17.8 Å². The molecule has 19 heavy (non-hydrogen) atoms. The van der Waals surface area contributed by atoms with Gasteiger partial charge in [0.15, 0.2) is 0 Å². The predicted octanol–water partition coefficient (Wildman–Crippen LogP) is 1.79. The summed E-state index contributed by atoms with van der Waals surface area (Å²) >= 11 is 0. The van der Waals surface area contributed by atoms with Crippen LogP contribution in [-0.4, -0.2) is 28.8 Å². The second-order valence-corrected chi connectivity index (χ2v) is 3.55. The molecule has 0 radical (unpaired) electrons. The van der Waals surface area contributed by atoms with Crippen LogP contribution in [0.1, 0.15) is 6.92 Å². The van der Waals surface area contributed by atoms with Crippen molar-refractivity contribution < 1.29 is 24.5 Å². The van der Waals surface area contributed by atoms with Crippen LogP contribution in [0.3, 0.4) is 0 Å². The number of para-hydroxylation sites is 1. The smallest absolute Gasteiger partial charge is 0.341 e. The number of hydrogen-bond acceptors (Lipinski definition) is 4. The average molecular weight is 264 g/mol. The average Bonchev–Trinajstić information content (AvgIpc) is 2.39. The molecule has 0 aliphatic carbocycles. The van der Waals surface area contributed by atoms with Gasteiger partial charge in [0.2, 0.25) is 0 Å². The summed E-state index contributed by atoms with van der Waals surface area (Å²) in [5.41, 5.74) is 0.221. The summed E-state index contributed by atoms with van der Waals surface area (Å²) in [5.74, 6) is -1.09. The molecule has 0 aliphatic heterocycles. The number of aliphatic carboxylic acids is 1. The van der Waals surface area contributed by atoms with Gasteiger partial charge in [0, 0.05) is 5.57 Å². The summed E-state index contributed by atoms with van der Waals surface area (Å²) in [6, 6.07) is 8.64. The zero-order chi connectivity index (χ0) is 14.8. The number of ether oxygens (including phenoxy) is 1. The topological polar surface area (TPSA) is 83.8 Å². The first kappa shape index (κ1) is 16.6. The van der Waals surface area contributed by atoms with E-state index in [1.165, 1.54) is 6.92 Å². The lowest BCUT2D eigenvalue weighted by Gasteiger charge is -2.03. The molecule has 1 aromatic rings. The number of carboxylic acid groups (broad SMARTS) is 1. The quantitative estimate of drug-likeness (QED) is 0.492. The van der Waals surface area contributed by atoms with Crippen LogP contribution in [0.5, 0.6) is 5.75 Å². The van der Waals surface area contributed by atoms with Gasteiger partial charge in [0.05, 0.1) is 12.2 Å². The van der Waals surface area contributed by atoms with Crippen LogP contribution in [-0.2, 0) is 9.59 Å². The van der Waals surface area contributed by atoms with Crippen molar-refractivity contribution in [2.45, 2.75) is 6.92 Å². The minimum atomic E-state index is -0.935. The highest BCUT2D eigenvalue weighted by molar-refractivity contribution is 5.89. The van der Waals surface area contributed by atoms with Gasteiger partial charge < -0.3 is 14.9 Å². The van der Waals surface area contributed by atoms with Gasteiger partial charge in [-0.05, 0) is 19.1 Å². The van der Waals surface area contributed by atoms with Crippen LogP contribution in [0.25, 0.3) is 0 Å². The van der Waals surface area contributed by atoms with E-state index in [1.54, 1.807) is 24.3 Å². The predicted molar refractivity (Wildman–Crippen MR) is 70.8 cm³/mol. The van der Waals surface area contributed by atoms with Crippen LogP contribution in [0, 0.1) is 0 Å². The van der Waals surface area contributed by atoms with Gasteiger partial charge in [0.25, 0.3) is 0 Å². The van der Waals surface area contributed by atoms with Gasteiger partial charge in [-0.15, -0.1) is 0 Å². The van der Waals surface area contributed by atoms with Crippen LogP contribution in [0.4, 0.5) is 0 Å². The number of aliphatic hydroxyl groups excluding tert-OH is 1. The molecular weight excluding hydrogens is 248 g/mol. The Balaban J connectivity index is 0.000000459. The molecule has 102 valence electrons. The molecule has 0 saturated carbocycles. The highest BCUT2D eigenvalue weighted by Gasteiger charge is 2.07. The third kappa shape index (κ3) is 7.51. The lowest BCUT2D eigenvalue weighted by atomic mass is 10.3. The minimum absolute atomic E-state index is 0.0452. The van der Waals surface area contributed by atoms with Crippen LogP contribution < -0.4 is 4.74 Å². The molecule has 5 nitrogen and oxygen atoms in total. The van der Waals surface area contributed by atoms with Gasteiger partial charge in [0.1, 0.15) is 5.75 Å². The summed E-state index contributed by atoms with van der Waals surface area (Å²) in [6.45, 7) is 7.56. The highest BCUT2D eigenvalue weighted by atomic mass is 16.5. The monoisotopic (exact) mass is 264 g/mol. The highest BCUT2D eigenvalue weighted by Crippen LogP contribution is 2.09. The van der Waals surface area contributed by atoms with E-state index < -0.39 is 11.9 Å². The Morgan fingerprint density at radius 2 is 1.68 bits per heavy atom. The molecule has 0 bridgehead atoms. The zero-order valence-electron chi connectivity index (χ0n) is 10.6. The molecule has 0 atom stereocenters. The first-order chi connectivity index (χ1) is 8.88. The number of carboxylic acids is 1. The fraction of sp³-hybridized carbons (Fsp3) is 0.143. The minimum Gasteiger partial charge on any atom is -0.478 e. The maximum Gasteiger partial charge on any atom is 0.341 e. The number of aliphatic hydroxyl groups is 1. The maximum atomic E-state index is 11.1. The van der Waals surface area contributed by atoms with Crippen LogP contribution >= 0.6 is 0 Å². The van der Waals surface area contributed by atoms with E-state index in [2.05, 4.69) is 13.2 Å². The maximum absolute atomic E-state index is 11.1. The van der Waals surface area contributed by atoms with Crippen molar-refractivity contribution in [2.75, 3.05) is 6.61 Å². The SMILES string of the molecule is C=C(C)C(=O)O.C=C(CO)C(=O)Oc1ccccc1. The third-order valence-corrected chi connectivity index (χ3v) is 1.80. The third-order valence-electron chi connectivity index (χ3n) is 1.80. The number of rotatable bonds is 4. The molecule has 0 saturated heterocycles. The van der Waals surface area contributed by atoms with E-state index in [9.17, 15) is 9.59 Å². The number of benzene rings is 1. The molecule has 0 heterocycles. The van der Waals surface area contributed by atoms with Crippen molar-refractivity contribution in [3.63, 3.8) is 0 Å². The Morgan fingerprint density at radius 3 is 2.05 bits per heavy atom. The normalized spacial score (nSPS) is 8.74. The largest absolute Gasteiger partial charge is 0.478 e. The van der Waals surface area contributed by atoms with E-state index in [1.807, 2.05) is 6.07 Å². The molecule has 1 rings (SSSR count). The van der Waals surface area contributed by atoms with Crippen molar-refractivity contribution in [1.29, 1.82) is 0 Å². The second-order valence-electron chi connectivity index (χ2n) is 3.55. The van der Waals surface area contributed by atoms with Crippen molar-refractivity contribution >= 4 is 11.9 Å². The first-order valence-electron chi connectivity index (χ1n) is 5.33. The van der Waals surface area contributed by atoms with Gasteiger partial charge in [-0.3, -0.25) is 0 Å². The van der Waals surface area contributed by atoms with Crippen molar-refractivity contribution in [3.8, 4) is 5.75 Å².